The molecule has 0 bridgehead atoms. The van der Waals surface area contributed by atoms with E-state index in [4.69, 9.17) is 9.47 Å². The minimum absolute atomic E-state index is 0.474. The first-order valence-corrected chi connectivity index (χ1v) is 7.22. The van der Waals surface area contributed by atoms with E-state index in [9.17, 15) is 0 Å². The molecule has 0 amide bonds. The topological polar surface area (TPSA) is 31.4 Å². The lowest BCUT2D eigenvalue weighted by Crippen LogP contribution is -1.92. The summed E-state index contributed by atoms with van der Waals surface area (Å²) in [5.41, 5.74) is 0. The van der Waals surface area contributed by atoms with Crippen molar-refractivity contribution in [2.45, 2.75) is 0 Å². The zero-order valence-corrected chi connectivity index (χ0v) is 12.7. The molecule has 2 aromatic carbocycles. The number of rotatable bonds is 4. The molecule has 3 nitrogen and oxygen atoms in total. The average molecular weight is 342 g/mol. The van der Waals surface area contributed by atoms with E-state index in [1.807, 2.05) is 60.7 Å². The third-order valence-electron chi connectivity index (χ3n) is 2.67. The summed E-state index contributed by atoms with van der Waals surface area (Å²) in [6, 6.07) is 22.6. The van der Waals surface area contributed by atoms with E-state index in [1.165, 1.54) is 0 Å². The van der Waals surface area contributed by atoms with Crippen LogP contribution in [0.2, 0.25) is 0 Å². The third kappa shape index (κ3) is 3.83. The van der Waals surface area contributed by atoms with Gasteiger partial charge >= 0.3 is 0 Å². The predicted octanol–water partition coefficient (Wildman–Crippen LogP) is 5.43. The van der Waals surface area contributed by atoms with Crippen molar-refractivity contribution in [3.05, 3.63) is 77.3 Å². The van der Waals surface area contributed by atoms with E-state index in [2.05, 4.69) is 20.9 Å². The number of halogens is 1. The van der Waals surface area contributed by atoms with Crippen LogP contribution in [0.3, 0.4) is 0 Å². The van der Waals surface area contributed by atoms with Crippen molar-refractivity contribution < 1.29 is 9.47 Å². The molecule has 0 spiro atoms. The monoisotopic (exact) mass is 341 g/mol. The summed E-state index contributed by atoms with van der Waals surface area (Å²) in [4.78, 5) is 4.35. The highest BCUT2D eigenvalue weighted by atomic mass is 79.9. The Labute approximate surface area is 131 Å². The van der Waals surface area contributed by atoms with Gasteiger partial charge in [0.25, 0.3) is 0 Å². The van der Waals surface area contributed by atoms with Gasteiger partial charge in [-0.3, -0.25) is 0 Å². The molecule has 4 heteroatoms. The lowest BCUT2D eigenvalue weighted by Gasteiger charge is -2.08. The molecule has 0 aliphatic rings. The molecule has 3 rings (SSSR count). The molecule has 0 aliphatic heterocycles. The minimum Gasteiger partial charge on any atom is -0.439 e. The third-order valence-corrected chi connectivity index (χ3v) is 3.13. The van der Waals surface area contributed by atoms with Crippen LogP contribution in [0.5, 0.6) is 23.3 Å². The van der Waals surface area contributed by atoms with Gasteiger partial charge in [0.1, 0.15) is 11.5 Å². The minimum atomic E-state index is 0.474. The first-order chi connectivity index (χ1) is 10.3. The number of hydrogen-bond acceptors (Lipinski definition) is 3. The summed E-state index contributed by atoms with van der Waals surface area (Å²) in [6.07, 6.45) is 0. The molecule has 0 atom stereocenters. The Morgan fingerprint density at radius 1 is 0.667 bits per heavy atom. The smallest absolute Gasteiger partial charge is 0.223 e. The predicted molar refractivity (Wildman–Crippen MR) is 85.0 cm³/mol. The van der Waals surface area contributed by atoms with Crippen LogP contribution in [-0.4, -0.2) is 4.98 Å². The second kappa shape index (κ2) is 6.41. The lowest BCUT2D eigenvalue weighted by molar-refractivity contribution is 0.425. The molecular weight excluding hydrogens is 330 g/mol. The zero-order chi connectivity index (χ0) is 14.5. The lowest BCUT2D eigenvalue weighted by atomic mass is 10.3. The van der Waals surface area contributed by atoms with Crippen LogP contribution in [-0.2, 0) is 0 Å². The number of para-hydroxylation sites is 2. The first kappa shape index (κ1) is 13.6. The Kier molecular flexibility index (Phi) is 4.17. The second-order valence-corrected chi connectivity index (χ2v) is 5.21. The Morgan fingerprint density at radius 2 is 1.10 bits per heavy atom. The molecule has 0 saturated carbocycles. The number of benzene rings is 2. The van der Waals surface area contributed by atoms with E-state index in [-0.39, 0.29) is 0 Å². The van der Waals surface area contributed by atoms with Crippen LogP contribution in [0.15, 0.2) is 77.3 Å². The van der Waals surface area contributed by atoms with E-state index in [1.54, 1.807) is 12.1 Å². The summed E-state index contributed by atoms with van der Waals surface area (Å²) in [6.45, 7) is 0. The van der Waals surface area contributed by atoms with E-state index < -0.39 is 0 Å². The molecule has 0 saturated heterocycles. The zero-order valence-electron chi connectivity index (χ0n) is 11.1. The molecular formula is C17H12BrNO2. The molecule has 0 radical (unpaired) electrons. The fraction of sp³-hybridized carbons (Fsp3) is 0. The molecule has 0 aliphatic carbocycles. The number of aromatic nitrogens is 1. The van der Waals surface area contributed by atoms with Crippen molar-refractivity contribution in [3.63, 3.8) is 0 Å². The highest BCUT2D eigenvalue weighted by Crippen LogP contribution is 2.28. The van der Waals surface area contributed by atoms with Crippen molar-refractivity contribution in [3.8, 4) is 23.3 Å². The van der Waals surface area contributed by atoms with Gasteiger partial charge in [-0.15, -0.1) is 0 Å². The summed E-state index contributed by atoms with van der Waals surface area (Å²) < 4.78 is 12.3. The van der Waals surface area contributed by atoms with Gasteiger partial charge < -0.3 is 9.47 Å². The molecule has 21 heavy (non-hydrogen) atoms. The second-order valence-electron chi connectivity index (χ2n) is 4.29. The summed E-state index contributed by atoms with van der Waals surface area (Å²) in [5, 5.41) is 0. The van der Waals surface area contributed by atoms with Gasteiger partial charge in [0.2, 0.25) is 11.8 Å². The van der Waals surface area contributed by atoms with Crippen LogP contribution in [0.4, 0.5) is 0 Å². The first-order valence-electron chi connectivity index (χ1n) is 6.43. The molecule has 0 fully saturated rings. The Morgan fingerprint density at radius 3 is 1.52 bits per heavy atom. The van der Waals surface area contributed by atoms with E-state index in [0.717, 1.165) is 16.0 Å². The normalized spacial score (nSPS) is 10.1. The quantitative estimate of drug-likeness (QED) is 0.634. The van der Waals surface area contributed by atoms with Gasteiger partial charge in [-0.1, -0.05) is 52.3 Å². The van der Waals surface area contributed by atoms with Gasteiger partial charge in [0, 0.05) is 16.6 Å². The van der Waals surface area contributed by atoms with Crippen LogP contribution in [0.1, 0.15) is 0 Å². The van der Waals surface area contributed by atoms with Crippen molar-refractivity contribution in [2.24, 2.45) is 0 Å². The van der Waals surface area contributed by atoms with Crippen LogP contribution in [0, 0.1) is 0 Å². The number of ether oxygens (including phenoxy) is 2. The summed E-state index contributed by atoms with van der Waals surface area (Å²) in [7, 11) is 0. The largest absolute Gasteiger partial charge is 0.439 e. The molecule has 0 N–H and O–H groups in total. The summed E-state index contributed by atoms with van der Waals surface area (Å²) >= 11 is 3.44. The molecule has 104 valence electrons. The fourth-order valence-corrected chi connectivity index (χ4v) is 2.17. The van der Waals surface area contributed by atoms with Gasteiger partial charge in [-0.25, -0.2) is 0 Å². The van der Waals surface area contributed by atoms with Crippen LogP contribution < -0.4 is 9.47 Å². The molecule has 1 heterocycles. The SMILES string of the molecule is Brc1cc(Oc2ccccc2)nc(Oc2ccccc2)c1. The standard InChI is InChI=1S/C17H12BrNO2/c18-13-11-16(20-14-7-3-1-4-8-14)19-17(12-13)21-15-9-5-2-6-10-15/h1-12H. The molecule has 3 aromatic rings. The van der Waals surface area contributed by atoms with Gasteiger partial charge in [0.15, 0.2) is 0 Å². The van der Waals surface area contributed by atoms with Crippen molar-refractivity contribution in [1.29, 1.82) is 0 Å². The highest BCUT2D eigenvalue weighted by Gasteiger charge is 2.05. The van der Waals surface area contributed by atoms with Gasteiger partial charge in [-0.05, 0) is 24.3 Å². The van der Waals surface area contributed by atoms with Crippen molar-refractivity contribution in [2.75, 3.05) is 0 Å². The Hall–Kier alpha value is -2.33. The summed E-state index contributed by atoms with van der Waals surface area (Å²) in [5.74, 6) is 2.41. The number of pyridine rings is 1. The van der Waals surface area contributed by atoms with Crippen molar-refractivity contribution in [1.82, 2.24) is 4.98 Å². The Bertz CT molecular complexity index is 658. The molecule has 0 unspecified atom stereocenters. The maximum absolute atomic E-state index is 5.72. The van der Waals surface area contributed by atoms with Crippen molar-refractivity contribution >= 4 is 15.9 Å². The maximum atomic E-state index is 5.72. The van der Waals surface area contributed by atoms with Crippen LogP contribution >= 0.6 is 15.9 Å². The Balaban J connectivity index is 1.83. The van der Waals surface area contributed by atoms with Crippen LogP contribution in [0.25, 0.3) is 0 Å². The fourth-order valence-electron chi connectivity index (χ4n) is 1.77. The van der Waals surface area contributed by atoms with E-state index >= 15 is 0 Å². The number of hydrogen-bond donors (Lipinski definition) is 0. The number of nitrogens with zero attached hydrogens (tertiary/aromatic N) is 1. The average Bonchev–Trinajstić information content (AvgIpc) is 2.48. The highest BCUT2D eigenvalue weighted by molar-refractivity contribution is 9.10. The molecule has 1 aromatic heterocycles. The van der Waals surface area contributed by atoms with E-state index in [0.29, 0.717) is 11.8 Å². The van der Waals surface area contributed by atoms with Gasteiger partial charge in [0.05, 0.1) is 0 Å². The maximum Gasteiger partial charge on any atom is 0.223 e. The van der Waals surface area contributed by atoms with Gasteiger partial charge in [-0.2, -0.15) is 4.98 Å².